The van der Waals surface area contributed by atoms with Gasteiger partial charge >= 0.3 is 0 Å². The molecule has 8 heteroatoms. The highest BCUT2D eigenvalue weighted by Gasteiger charge is 2.18. The quantitative estimate of drug-likeness (QED) is 0.676. The Morgan fingerprint density at radius 3 is 2.57 bits per heavy atom. The molecule has 0 saturated carbocycles. The third-order valence-electron chi connectivity index (χ3n) is 2.77. The second-order valence-electron chi connectivity index (χ2n) is 4.19. The largest absolute Gasteiger partial charge is 0.496 e. The van der Waals surface area contributed by atoms with Crippen molar-refractivity contribution in [3.8, 4) is 5.75 Å². The maximum Gasteiger partial charge on any atom is 0.254 e. The molecule has 0 aromatic heterocycles. The summed E-state index contributed by atoms with van der Waals surface area (Å²) in [4.78, 5) is 11.8. The van der Waals surface area contributed by atoms with Gasteiger partial charge in [0.15, 0.2) is 0 Å². The standard InChI is InChI=1S/C13H20N2O5S/c1-14-13(16)11-9-10(5-6-12(11)20-3)21(17,18)15-7-4-8-19-2/h5-6,9,15H,4,7-8H2,1-3H3,(H,14,16). The van der Waals surface area contributed by atoms with Gasteiger partial charge in [-0.3, -0.25) is 4.79 Å². The van der Waals surface area contributed by atoms with Crippen molar-refractivity contribution in [3.63, 3.8) is 0 Å². The molecule has 2 N–H and O–H groups in total. The number of carbonyl (C=O) groups is 1. The van der Waals surface area contributed by atoms with Crippen molar-refractivity contribution in [3.05, 3.63) is 23.8 Å². The molecule has 0 aliphatic carbocycles. The fourth-order valence-corrected chi connectivity index (χ4v) is 2.77. The Balaban J connectivity index is 2.99. The second kappa shape index (κ2) is 7.96. The molecule has 118 valence electrons. The Morgan fingerprint density at radius 2 is 2.00 bits per heavy atom. The van der Waals surface area contributed by atoms with E-state index in [2.05, 4.69) is 10.0 Å². The summed E-state index contributed by atoms with van der Waals surface area (Å²) in [6.07, 6.45) is 0.564. The lowest BCUT2D eigenvalue weighted by Crippen LogP contribution is -2.26. The molecule has 0 spiro atoms. The highest BCUT2D eigenvalue weighted by atomic mass is 32.2. The van der Waals surface area contributed by atoms with Gasteiger partial charge < -0.3 is 14.8 Å². The molecule has 0 aliphatic heterocycles. The summed E-state index contributed by atoms with van der Waals surface area (Å²) >= 11 is 0. The van der Waals surface area contributed by atoms with Gasteiger partial charge in [-0.15, -0.1) is 0 Å². The zero-order valence-corrected chi connectivity index (χ0v) is 13.1. The Bertz CT molecular complexity index is 586. The van der Waals surface area contributed by atoms with Crippen LogP contribution in [0.3, 0.4) is 0 Å². The number of amides is 1. The van der Waals surface area contributed by atoms with Crippen LogP contribution in [0.2, 0.25) is 0 Å². The second-order valence-corrected chi connectivity index (χ2v) is 5.95. The molecule has 0 radical (unpaired) electrons. The van der Waals surface area contributed by atoms with Crippen LogP contribution in [-0.2, 0) is 14.8 Å². The van der Waals surface area contributed by atoms with E-state index in [9.17, 15) is 13.2 Å². The maximum atomic E-state index is 12.1. The number of nitrogens with one attached hydrogen (secondary N) is 2. The summed E-state index contributed by atoms with van der Waals surface area (Å²) in [5.41, 5.74) is 0.166. The summed E-state index contributed by atoms with van der Waals surface area (Å²) < 4.78 is 36.6. The van der Waals surface area contributed by atoms with Gasteiger partial charge in [0.05, 0.1) is 17.6 Å². The highest BCUT2D eigenvalue weighted by Crippen LogP contribution is 2.22. The van der Waals surface area contributed by atoms with Gasteiger partial charge in [-0.05, 0) is 24.6 Å². The van der Waals surface area contributed by atoms with Gasteiger partial charge in [-0.2, -0.15) is 0 Å². The van der Waals surface area contributed by atoms with E-state index in [0.29, 0.717) is 18.8 Å². The Kier molecular flexibility index (Phi) is 6.60. The molecule has 0 unspecified atom stereocenters. The van der Waals surface area contributed by atoms with E-state index in [1.165, 1.54) is 32.4 Å². The van der Waals surface area contributed by atoms with Crippen LogP contribution in [0.25, 0.3) is 0 Å². The van der Waals surface area contributed by atoms with Crippen molar-refractivity contribution >= 4 is 15.9 Å². The fraction of sp³-hybridized carbons (Fsp3) is 0.462. The summed E-state index contributed by atoms with van der Waals surface area (Å²) in [7, 11) is 0.758. The predicted molar refractivity (Wildman–Crippen MR) is 78.1 cm³/mol. The first-order valence-electron chi connectivity index (χ1n) is 6.35. The number of sulfonamides is 1. The average molecular weight is 316 g/mol. The molecule has 1 rings (SSSR count). The number of rotatable bonds is 8. The number of ether oxygens (including phenoxy) is 2. The molecular formula is C13H20N2O5S. The highest BCUT2D eigenvalue weighted by molar-refractivity contribution is 7.89. The summed E-state index contributed by atoms with van der Waals surface area (Å²) in [6, 6.07) is 4.13. The molecule has 1 amide bonds. The predicted octanol–water partition coefficient (Wildman–Crippen LogP) is 0.370. The maximum absolute atomic E-state index is 12.1. The van der Waals surface area contributed by atoms with Gasteiger partial charge in [-0.1, -0.05) is 0 Å². The number of hydrogen-bond donors (Lipinski definition) is 2. The van der Waals surface area contributed by atoms with Gasteiger partial charge in [0.1, 0.15) is 5.75 Å². The third-order valence-corrected chi connectivity index (χ3v) is 4.23. The molecule has 0 atom stereocenters. The van der Waals surface area contributed by atoms with E-state index in [-0.39, 0.29) is 17.0 Å². The minimum atomic E-state index is -3.67. The zero-order valence-electron chi connectivity index (χ0n) is 12.3. The van der Waals surface area contributed by atoms with E-state index < -0.39 is 15.9 Å². The van der Waals surface area contributed by atoms with Gasteiger partial charge in [0.25, 0.3) is 5.91 Å². The molecule has 0 heterocycles. The SMILES string of the molecule is CNC(=O)c1cc(S(=O)(=O)NCCCOC)ccc1OC. The molecular weight excluding hydrogens is 296 g/mol. The van der Waals surface area contributed by atoms with Crippen LogP contribution in [0.4, 0.5) is 0 Å². The topological polar surface area (TPSA) is 93.7 Å². The molecule has 21 heavy (non-hydrogen) atoms. The van der Waals surface area contributed by atoms with E-state index in [1.54, 1.807) is 7.11 Å². The lowest BCUT2D eigenvalue weighted by atomic mass is 10.2. The van der Waals surface area contributed by atoms with Gasteiger partial charge in [-0.25, -0.2) is 13.1 Å². The summed E-state index contributed by atoms with van der Waals surface area (Å²) in [5.74, 6) is -0.101. The van der Waals surface area contributed by atoms with Crippen LogP contribution in [0, 0.1) is 0 Å². The number of benzene rings is 1. The molecule has 0 bridgehead atoms. The van der Waals surface area contributed by atoms with E-state index in [4.69, 9.17) is 9.47 Å². The van der Waals surface area contributed by atoms with Crippen molar-refractivity contribution in [1.29, 1.82) is 0 Å². The van der Waals surface area contributed by atoms with Crippen LogP contribution in [-0.4, -0.2) is 48.7 Å². The number of methoxy groups -OCH3 is 2. The summed E-state index contributed by atoms with van der Waals surface area (Å²) in [6.45, 7) is 0.728. The first kappa shape index (κ1) is 17.4. The minimum absolute atomic E-state index is 0.0133. The number of hydrogen-bond acceptors (Lipinski definition) is 5. The van der Waals surface area contributed by atoms with Crippen LogP contribution < -0.4 is 14.8 Å². The molecule has 0 fully saturated rings. The van der Waals surface area contributed by atoms with E-state index in [0.717, 1.165) is 0 Å². The van der Waals surface area contributed by atoms with E-state index >= 15 is 0 Å². The molecule has 0 aliphatic rings. The van der Waals surface area contributed by atoms with Crippen LogP contribution in [0.15, 0.2) is 23.1 Å². The Labute approximate surface area is 124 Å². The Morgan fingerprint density at radius 1 is 1.29 bits per heavy atom. The average Bonchev–Trinajstić information content (AvgIpc) is 2.50. The van der Waals surface area contributed by atoms with Crippen molar-refractivity contribution in [2.24, 2.45) is 0 Å². The van der Waals surface area contributed by atoms with Crippen molar-refractivity contribution in [2.45, 2.75) is 11.3 Å². The van der Waals surface area contributed by atoms with Gasteiger partial charge in [0.2, 0.25) is 10.0 Å². The molecule has 1 aromatic carbocycles. The van der Waals surface area contributed by atoms with Crippen molar-refractivity contribution in [1.82, 2.24) is 10.0 Å². The smallest absolute Gasteiger partial charge is 0.254 e. The lowest BCUT2D eigenvalue weighted by Gasteiger charge is -2.11. The molecule has 7 nitrogen and oxygen atoms in total. The zero-order chi connectivity index (χ0) is 15.9. The first-order chi connectivity index (χ1) is 9.96. The monoisotopic (exact) mass is 316 g/mol. The summed E-state index contributed by atoms with van der Waals surface area (Å²) in [5, 5.41) is 2.44. The van der Waals surface area contributed by atoms with Crippen LogP contribution in [0.5, 0.6) is 5.75 Å². The van der Waals surface area contributed by atoms with Gasteiger partial charge in [0, 0.05) is 27.3 Å². The molecule has 1 aromatic rings. The first-order valence-corrected chi connectivity index (χ1v) is 7.83. The minimum Gasteiger partial charge on any atom is -0.496 e. The normalized spacial score (nSPS) is 11.2. The number of carbonyl (C=O) groups excluding carboxylic acids is 1. The van der Waals surface area contributed by atoms with Crippen LogP contribution in [0.1, 0.15) is 16.8 Å². The van der Waals surface area contributed by atoms with Crippen molar-refractivity contribution < 1.29 is 22.7 Å². The van der Waals surface area contributed by atoms with E-state index in [1.807, 2.05) is 0 Å². The molecule has 0 saturated heterocycles. The van der Waals surface area contributed by atoms with Crippen molar-refractivity contribution in [2.75, 3.05) is 34.4 Å². The lowest BCUT2D eigenvalue weighted by molar-refractivity contribution is 0.0960. The van der Waals surface area contributed by atoms with Crippen LogP contribution >= 0.6 is 0 Å². The third kappa shape index (κ3) is 4.69. The fourth-order valence-electron chi connectivity index (χ4n) is 1.67. The Hall–Kier alpha value is -1.64.